The van der Waals surface area contributed by atoms with Gasteiger partial charge in [0.1, 0.15) is 12.1 Å². The van der Waals surface area contributed by atoms with Crippen molar-refractivity contribution in [3.8, 4) is 0 Å². The van der Waals surface area contributed by atoms with Crippen LogP contribution in [0.5, 0.6) is 0 Å². The molecule has 2 heterocycles. The van der Waals surface area contributed by atoms with Crippen LogP contribution in [0.25, 0.3) is 0 Å². The van der Waals surface area contributed by atoms with Crippen molar-refractivity contribution in [2.45, 2.75) is 18.4 Å². The highest BCUT2D eigenvalue weighted by Gasteiger charge is 2.52. The molecule has 0 atom stereocenters. The SMILES string of the molecule is Cl.O=C(CN1CN(c2ccccc2)C2(CCNCC2)C1=O)Nc1ccccc1. The number of carbonyl (C=O) groups is 2. The number of carbonyl (C=O) groups excluding carboxylic acids is 2. The van der Waals surface area contributed by atoms with Crippen molar-refractivity contribution < 1.29 is 9.59 Å². The van der Waals surface area contributed by atoms with Crippen LogP contribution in [0, 0.1) is 0 Å². The van der Waals surface area contributed by atoms with Gasteiger partial charge in [0, 0.05) is 11.4 Å². The molecule has 4 rings (SSSR count). The van der Waals surface area contributed by atoms with E-state index in [0.717, 1.165) is 37.3 Å². The van der Waals surface area contributed by atoms with Crippen molar-refractivity contribution in [2.75, 3.05) is 36.5 Å². The highest BCUT2D eigenvalue weighted by molar-refractivity contribution is 5.99. The molecule has 2 aromatic rings. The van der Waals surface area contributed by atoms with E-state index in [9.17, 15) is 9.59 Å². The van der Waals surface area contributed by atoms with Crippen LogP contribution >= 0.6 is 12.4 Å². The Morgan fingerprint density at radius 1 is 1.00 bits per heavy atom. The van der Waals surface area contributed by atoms with E-state index in [1.807, 2.05) is 60.7 Å². The van der Waals surface area contributed by atoms with Gasteiger partial charge in [0.15, 0.2) is 0 Å². The Hall–Kier alpha value is -2.57. The number of piperidine rings is 1. The highest BCUT2D eigenvalue weighted by Crippen LogP contribution is 2.37. The van der Waals surface area contributed by atoms with Crippen molar-refractivity contribution in [1.29, 1.82) is 0 Å². The average Bonchev–Trinajstić information content (AvgIpc) is 2.96. The zero-order valence-corrected chi connectivity index (χ0v) is 16.5. The smallest absolute Gasteiger partial charge is 0.250 e. The zero-order chi connectivity index (χ0) is 18.7. The second-order valence-corrected chi connectivity index (χ2v) is 7.10. The second-order valence-electron chi connectivity index (χ2n) is 7.10. The minimum absolute atomic E-state index is 0. The lowest BCUT2D eigenvalue weighted by atomic mass is 9.86. The molecule has 2 aliphatic rings. The summed E-state index contributed by atoms with van der Waals surface area (Å²) in [6.45, 7) is 2.11. The number of nitrogens with one attached hydrogen (secondary N) is 2. The minimum atomic E-state index is -0.556. The molecule has 1 spiro atoms. The standard InChI is InChI=1S/C21H24N4O2.ClH/c26-19(23-17-7-3-1-4-8-17)15-24-16-25(18-9-5-2-6-10-18)21(20(24)27)11-13-22-14-12-21;/h1-10,22H,11-16H2,(H,23,26);1H. The summed E-state index contributed by atoms with van der Waals surface area (Å²) in [4.78, 5) is 29.7. The molecule has 2 N–H and O–H groups in total. The number of hydrogen-bond acceptors (Lipinski definition) is 4. The van der Waals surface area contributed by atoms with Crippen LogP contribution < -0.4 is 15.5 Å². The number of nitrogens with zero attached hydrogens (tertiary/aromatic N) is 2. The maximum atomic E-state index is 13.3. The van der Waals surface area contributed by atoms with E-state index in [0.29, 0.717) is 6.67 Å². The van der Waals surface area contributed by atoms with E-state index in [1.54, 1.807) is 4.90 Å². The Morgan fingerprint density at radius 3 is 2.25 bits per heavy atom. The van der Waals surface area contributed by atoms with Gasteiger partial charge in [-0.1, -0.05) is 36.4 Å². The van der Waals surface area contributed by atoms with Crippen molar-refractivity contribution in [1.82, 2.24) is 10.2 Å². The van der Waals surface area contributed by atoms with Crippen LogP contribution in [0.3, 0.4) is 0 Å². The first-order valence-electron chi connectivity index (χ1n) is 9.37. The molecule has 0 radical (unpaired) electrons. The second kappa shape index (κ2) is 8.63. The third-order valence-corrected chi connectivity index (χ3v) is 5.40. The van der Waals surface area contributed by atoms with Gasteiger partial charge in [-0.25, -0.2) is 0 Å². The van der Waals surface area contributed by atoms with Crippen LogP contribution in [-0.4, -0.2) is 48.6 Å². The molecule has 6 nitrogen and oxygen atoms in total. The lowest BCUT2D eigenvalue weighted by Gasteiger charge is -2.40. The summed E-state index contributed by atoms with van der Waals surface area (Å²) in [5, 5.41) is 6.21. The van der Waals surface area contributed by atoms with Crippen LogP contribution in [0.1, 0.15) is 12.8 Å². The minimum Gasteiger partial charge on any atom is -0.339 e. The Bertz CT molecular complexity index is 810. The monoisotopic (exact) mass is 400 g/mol. The zero-order valence-electron chi connectivity index (χ0n) is 15.6. The van der Waals surface area contributed by atoms with Gasteiger partial charge < -0.3 is 20.4 Å². The van der Waals surface area contributed by atoms with Crippen LogP contribution in [0.2, 0.25) is 0 Å². The van der Waals surface area contributed by atoms with Gasteiger partial charge in [-0.2, -0.15) is 0 Å². The molecule has 0 saturated carbocycles. The van der Waals surface area contributed by atoms with Gasteiger partial charge in [0.2, 0.25) is 11.8 Å². The maximum absolute atomic E-state index is 13.3. The van der Waals surface area contributed by atoms with E-state index in [1.165, 1.54) is 0 Å². The van der Waals surface area contributed by atoms with E-state index in [2.05, 4.69) is 15.5 Å². The van der Waals surface area contributed by atoms with Gasteiger partial charge in [-0.15, -0.1) is 12.4 Å². The number of para-hydroxylation sites is 2. The molecular weight excluding hydrogens is 376 g/mol. The molecule has 0 bridgehead atoms. The van der Waals surface area contributed by atoms with E-state index in [4.69, 9.17) is 0 Å². The number of benzene rings is 2. The van der Waals surface area contributed by atoms with Crippen molar-refractivity contribution in [3.05, 3.63) is 60.7 Å². The van der Waals surface area contributed by atoms with Gasteiger partial charge >= 0.3 is 0 Å². The molecule has 2 amide bonds. The number of rotatable bonds is 4. The quantitative estimate of drug-likeness (QED) is 0.827. The first-order valence-corrected chi connectivity index (χ1v) is 9.37. The predicted octanol–water partition coefficient (Wildman–Crippen LogP) is 2.48. The third kappa shape index (κ3) is 3.84. The third-order valence-electron chi connectivity index (χ3n) is 5.40. The van der Waals surface area contributed by atoms with Crippen LogP contribution in [-0.2, 0) is 9.59 Å². The van der Waals surface area contributed by atoms with Gasteiger partial charge in [-0.3, -0.25) is 9.59 Å². The summed E-state index contributed by atoms with van der Waals surface area (Å²) in [6.07, 6.45) is 1.50. The molecule has 2 aliphatic heterocycles. The Morgan fingerprint density at radius 2 is 1.61 bits per heavy atom. The predicted molar refractivity (Wildman–Crippen MR) is 113 cm³/mol. The Kier molecular flexibility index (Phi) is 6.21. The van der Waals surface area contributed by atoms with Gasteiger partial charge in [0.25, 0.3) is 0 Å². The molecule has 2 aromatic carbocycles. The largest absolute Gasteiger partial charge is 0.339 e. The van der Waals surface area contributed by atoms with Crippen molar-refractivity contribution >= 4 is 35.6 Å². The molecular formula is C21H25ClN4O2. The molecule has 0 aliphatic carbocycles. The highest BCUT2D eigenvalue weighted by atomic mass is 35.5. The number of hydrogen-bond donors (Lipinski definition) is 2. The van der Waals surface area contributed by atoms with E-state index >= 15 is 0 Å². The topological polar surface area (TPSA) is 64.7 Å². The summed E-state index contributed by atoms with van der Waals surface area (Å²) in [5.41, 5.74) is 1.21. The van der Waals surface area contributed by atoms with Crippen LogP contribution in [0.15, 0.2) is 60.7 Å². The fourth-order valence-corrected chi connectivity index (χ4v) is 4.06. The normalized spacial score (nSPS) is 18.1. The summed E-state index contributed by atoms with van der Waals surface area (Å²) < 4.78 is 0. The number of amides is 2. The molecule has 7 heteroatoms. The number of anilines is 2. The molecule has 0 unspecified atom stereocenters. The first kappa shape index (κ1) is 20.2. The van der Waals surface area contributed by atoms with Crippen LogP contribution in [0.4, 0.5) is 11.4 Å². The lowest BCUT2D eigenvalue weighted by Crippen LogP contribution is -2.55. The Labute approximate surface area is 171 Å². The molecule has 0 aromatic heterocycles. The van der Waals surface area contributed by atoms with Gasteiger partial charge in [-0.05, 0) is 50.2 Å². The average molecular weight is 401 g/mol. The number of halogens is 1. The van der Waals surface area contributed by atoms with E-state index in [-0.39, 0.29) is 30.8 Å². The first-order chi connectivity index (χ1) is 13.2. The van der Waals surface area contributed by atoms with E-state index < -0.39 is 5.54 Å². The summed E-state index contributed by atoms with van der Waals surface area (Å²) in [7, 11) is 0. The molecule has 148 valence electrons. The lowest BCUT2D eigenvalue weighted by molar-refractivity contribution is -0.135. The van der Waals surface area contributed by atoms with Gasteiger partial charge in [0.05, 0.1) is 6.67 Å². The fourth-order valence-electron chi connectivity index (χ4n) is 4.06. The Balaban J connectivity index is 0.00000225. The molecule has 2 fully saturated rings. The maximum Gasteiger partial charge on any atom is 0.250 e. The molecule has 2 saturated heterocycles. The summed E-state index contributed by atoms with van der Waals surface area (Å²) in [5.74, 6) is -0.121. The van der Waals surface area contributed by atoms with Crippen molar-refractivity contribution in [2.24, 2.45) is 0 Å². The fraction of sp³-hybridized carbons (Fsp3) is 0.333. The van der Waals surface area contributed by atoms with Crippen molar-refractivity contribution in [3.63, 3.8) is 0 Å². The summed E-state index contributed by atoms with van der Waals surface area (Å²) >= 11 is 0. The summed E-state index contributed by atoms with van der Waals surface area (Å²) in [6, 6.07) is 19.3. The molecule has 28 heavy (non-hydrogen) atoms.